The number of hydrogen-bond acceptors (Lipinski definition) is 3. The van der Waals surface area contributed by atoms with Crippen LogP contribution in [-0.4, -0.2) is 29.1 Å². The fraction of sp³-hybridized carbons (Fsp3) is 0.533. The summed E-state index contributed by atoms with van der Waals surface area (Å²) in [4.78, 5) is 11.9. The Hall–Kier alpha value is -0.870. The quantitative estimate of drug-likeness (QED) is 0.812. The number of halogens is 1. The van der Waals surface area contributed by atoms with E-state index < -0.39 is 0 Å². The van der Waals surface area contributed by atoms with Crippen molar-refractivity contribution in [3.05, 3.63) is 29.3 Å². The van der Waals surface area contributed by atoms with Crippen molar-refractivity contribution in [2.24, 2.45) is 0 Å². The zero-order valence-corrected chi connectivity index (χ0v) is 14.0. The molecule has 112 valence electrons. The topological polar surface area (TPSA) is 38.3 Å². The lowest BCUT2D eigenvalue weighted by atomic mass is 10.1. The van der Waals surface area contributed by atoms with Crippen LogP contribution in [0.2, 0.25) is 5.02 Å². The SMILES string of the molecule is CC(SCCOc1cccc(Cl)c1)C(=O)NC(C)(C)C. The second kappa shape index (κ2) is 7.79. The van der Waals surface area contributed by atoms with E-state index in [4.69, 9.17) is 16.3 Å². The van der Waals surface area contributed by atoms with E-state index in [0.29, 0.717) is 11.6 Å². The highest BCUT2D eigenvalue weighted by Gasteiger charge is 2.19. The fourth-order valence-electron chi connectivity index (χ4n) is 1.49. The van der Waals surface area contributed by atoms with Crippen LogP contribution in [0.5, 0.6) is 5.75 Å². The molecule has 0 heterocycles. The van der Waals surface area contributed by atoms with Crippen LogP contribution in [0, 0.1) is 0 Å². The molecule has 5 heteroatoms. The number of rotatable bonds is 6. The smallest absolute Gasteiger partial charge is 0.233 e. The summed E-state index contributed by atoms with van der Waals surface area (Å²) < 4.78 is 5.58. The van der Waals surface area contributed by atoms with Crippen LogP contribution in [0.25, 0.3) is 0 Å². The van der Waals surface area contributed by atoms with E-state index in [-0.39, 0.29) is 16.7 Å². The first-order valence-electron chi connectivity index (χ1n) is 6.60. The molecule has 0 fully saturated rings. The minimum atomic E-state index is -0.191. The minimum Gasteiger partial charge on any atom is -0.493 e. The third-order valence-corrected chi connectivity index (χ3v) is 3.73. The molecule has 0 radical (unpaired) electrons. The molecule has 1 amide bonds. The normalized spacial score (nSPS) is 12.8. The van der Waals surface area contributed by atoms with Gasteiger partial charge in [0.15, 0.2) is 0 Å². The number of nitrogens with one attached hydrogen (secondary N) is 1. The van der Waals surface area contributed by atoms with Crippen LogP contribution in [0.15, 0.2) is 24.3 Å². The van der Waals surface area contributed by atoms with Crippen molar-refractivity contribution in [1.82, 2.24) is 5.32 Å². The molecule has 0 spiro atoms. The minimum absolute atomic E-state index is 0.0604. The highest BCUT2D eigenvalue weighted by molar-refractivity contribution is 8.00. The van der Waals surface area contributed by atoms with Crippen LogP contribution < -0.4 is 10.1 Å². The number of thioether (sulfide) groups is 1. The highest BCUT2D eigenvalue weighted by Crippen LogP contribution is 2.18. The van der Waals surface area contributed by atoms with Crippen molar-refractivity contribution >= 4 is 29.3 Å². The number of hydrogen-bond donors (Lipinski definition) is 1. The first-order valence-corrected chi connectivity index (χ1v) is 8.02. The van der Waals surface area contributed by atoms with Gasteiger partial charge in [-0.1, -0.05) is 17.7 Å². The van der Waals surface area contributed by atoms with E-state index in [0.717, 1.165) is 11.5 Å². The van der Waals surface area contributed by atoms with Gasteiger partial charge in [0.2, 0.25) is 5.91 Å². The second-order valence-electron chi connectivity index (χ2n) is 5.56. The fourth-order valence-corrected chi connectivity index (χ4v) is 2.41. The molecule has 20 heavy (non-hydrogen) atoms. The van der Waals surface area contributed by atoms with Gasteiger partial charge in [0.1, 0.15) is 5.75 Å². The molecule has 1 unspecified atom stereocenters. The van der Waals surface area contributed by atoms with Gasteiger partial charge in [0.05, 0.1) is 11.9 Å². The van der Waals surface area contributed by atoms with Gasteiger partial charge in [-0.2, -0.15) is 0 Å². The molecule has 0 saturated carbocycles. The van der Waals surface area contributed by atoms with E-state index >= 15 is 0 Å². The zero-order chi connectivity index (χ0) is 15.2. The summed E-state index contributed by atoms with van der Waals surface area (Å²) in [7, 11) is 0. The maximum Gasteiger partial charge on any atom is 0.233 e. The van der Waals surface area contributed by atoms with Gasteiger partial charge >= 0.3 is 0 Å². The lowest BCUT2D eigenvalue weighted by molar-refractivity contribution is -0.121. The van der Waals surface area contributed by atoms with Gasteiger partial charge in [-0.15, -0.1) is 11.8 Å². The van der Waals surface area contributed by atoms with Crippen molar-refractivity contribution in [3.63, 3.8) is 0 Å². The number of carbonyl (C=O) groups excluding carboxylic acids is 1. The van der Waals surface area contributed by atoms with Crippen molar-refractivity contribution < 1.29 is 9.53 Å². The molecule has 1 rings (SSSR count). The first kappa shape index (κ1) is 17.2. The lowest BCUT2D eigenvalue weighted by Crippen LogP contribution is -2.44. The van der Waals surface area contributed by atoms with Gasteiger partial charge in [0, 0.05) is 16.3 Å². The number of carbonyl (C=O) groups is 1. The summed E-state index contributed by atoms with van der Waals surface area (Å²) in [6, 6.07) is 7.31. The summed E-state index contributed by atoms with van der Waals surface area (Å²) >= 11 is 7.45. The van der Waals surface area contributed by atoms with E-state index in [1.165, 1.54) is 0 Å². The molecule has 0 aliphatic heterocycles. The molecule has 0 aromatic heterocycles. The largest absolute Gasteiger partial charge is 0.493 e. The number of ether oxygens (including phenoxy) is 1. The Labute approximate surface area is 130 Å². The first-order chi connectivity index (χ1) is 9.28. The Morgan fingerprint density at radius 1 is 1.45 bits per heavy atom. The van der Waals surface area contributed by atoms with E-state index in [9.17, 15) is 4.79 Å². The predicted octanol–water partition coefficient (Wildman–Crippen LogP) is 3.76. The third kappa shape index (κ3) is 7.06. The third-order valence-electron chi connectivity index (χ3n) is 2.38. The molecule has 3 nitrogen and oxygen atoms in total. The summed E-state index contributed by atoms with van der Waals surface area (Å²) in [6.07, 6.45) is 0. The van der Waals surface area contributed by atoms with Gasteiger partial charge in [-0.05, 0) is 45.9 Å². The number of amides is 1. The van der Waals surface area contributed by atoms with Crippen molar-refractivity contribution in [2.45, 2.75) is 38.5 Å². The summed E-state index contributed by atoms with van der Waals surface area (Å²) in [5, 5.41) is 3.54. The monoisotopic (exact) mass is 315 g/mol. The Morgan fingerprint density at radius 3 is 2.75 bits per heavy atom. The van der Waals surface area contributed by atoms with E-state index in [2.05, 4.69) is 5.32 Å². The Balaban J connectivity index is 2.25. The van der Waals surface area contributed by atoms with Crippen LogP contribution in [0.3, 0.4) is 0 Å². The average Bonchev–Trinajstić information content (AvgIpc) is 2.32. The zero-order valence-electron chi connectivity index (χ0n) is 12.4. The van der Waals surface area contributed by atoms with Crippen molar-refractivity contribution in [3.8, 4) is 5.75 Å². The molecule has 1 aromatic carbocycles. The Morgan fingerprint density at radius 2 is 2.15 bits per heavy atom. The predicted molar refractivity (Wildman–Crippen MR) is 86.8 cm³/mol. The Kier molecular flexibility index (Phi) is 6.69. The molecular formula is C15H22ClNO2S. The van der Waals surface area contributed by atoms with Gasteiger partial charge in [0.25, 0.3) is 0 Å². The second-order valence-corrected chi connectivity index (χ2v) is 7.44. The molecule has 1 atom stereocenters. The van der Waals surface area contributed by atoms with Gasteiger partial charge < -0.3 is 10.1 Å². The van der Waals surface area contributed by atoms with Gasteiger partial charge in [-0.25, -0.2) is 0 Å². The molecule has 1 N–H and O–H groups in total. The van der Waals surface area contributed by atoms with E-state index in [1.54, 1.807) is 17.8 Å². The summed E-state index contributed by atoms with van der Waals surface area (Å²) in [5.74, 6) is 1.57. The molecule has 0 saturated heterocycles. The Bertz CT molecular complexity index is 446. The molecular weight excluding hydrogens is 294 g/mol. The van der Waals surface area contributed by atoms with Crippen molar-refractivity contribution in [2.75, 3.05) is 12.4 Å². The molecule has 0 aliphatic carbocycles. The van der Waals surface area contributed by atoms with Crippen LogP contribution in [-0.2, 0) is 4.79 Å². The van der Waals surface area contributed by atoms with Crippen LogP contribution in [0.4, 0.5) is 0 Å². The summed E-state index contributed by atoms with van der Waals surface area (Å²) in [5.41, 5.74) is -0.191. The molecule has 0 bridgehead atoms. The van der Waals surface area contributed by atoms with E-state index in [1.807, 2.05) is 45.9 Å². The number of benzene rings is 1. The maximum atomic E-state index is 11.9. The maximum absolute atomic E-state index is 11.9. The summed E-state index contributed by atoms with van der Waals surface area (Å²) in [6.45, 7) is 8.39. The highest BCUT2D eigenvalue weighted by atomic mass is 35.5. The molecule has 0 aliphatic rings. The average molecular weight is 316 g/mol. The van der Waals surface area contributed by atoms with Crippen LogP contribution in [0.1, 0.15) is 27.7 Å². The molecule has 1 aromatic rings. The standard InChI is InChI=1S/C15H22ClNO2S/c1-11(14(18)17-15(2,3)4)20-9-8-19-13-7-5-6-12(16)10-13/h5-7,10-11H,8-9H2,1-4H3,(H,17,18). The van der Waals surface area contributed by atoms with Crippen molar-refractivity contribution in [1.29, 1.82) is 0 Å². The van der Waals surface area contributed by atoms with Gasteiger partial charge in [-0.3, -0.25) is 4.79 Å². The lowest BCUT2D eigenvalue weighted by Gasteiger charge is -2.23. The van der Waals surface area contributed by atoms with Crippen LogP contribution >= 0.6 is 23.4 Å².